The van der Waals surface area contributed by atoms with Crippen LogP contribution < -0.4 is 0 Å². The molecule has 0 aliphatic rings. The zero-order valence-electron chi connectivity index (χ0n) is 12.3. The molecule has 7 heteroatoms. The van der Waals surface area contributed by atoms with E-state index in [1.807, 2.05) is 47.1 Å². The number of fused-ring (bicyclic) bond motifs is 2. The maximum atomic E-state index is 4.75. The number of H-pyrrole nitrogens is 1. The van der Waals surface area contributed by atoms with E-state index in [9.17, 15) is 0 Å². The van der Waals surface area contributed by atoms with E-state index in [1.54, 1.807) is 0 Å². The summed E-state index contributed by atoms with van der Waals surface area (Å²) in [6.45, 7) is 0. The van der Waals surface area contributed by atoms with Crippen molar-refractivity contribution in [1.29, 1.82) is 0 Å². The van der Waals surface area contributed by atoms with Gasteiger partial charge < -0.3 is 4.98 Å². The SMILES string of the molecule is Brc1cccc(-c2nnc3sc(-c4c[nH]c5ccccc45)nn23)c1. The summed E-state index contributed by atoms with van der Waals surface area (Å²) in [5, 5.41) is 15.4. The molecule has 5 rings (SSSR count). The van der Waals surface area contributed by atoms with Crippen molar-refractivity contribution >= 4 is 43.1 Å². The summed E-state index contributed by atoms with van der Waals surface area (Å²) in [5.41, 5.74) is 3.17. The van der Waals surface area contributed by atoms with Gasteiger partial charge in [-0.1, -0.05) is 57.6 Å². The number of nitrogens with zero attached hydrogens (tertiary/aromatic N) is 4. The third-order valence-corrected chi connectivity index (χ3v) is 5.32. The van der Waals surface area contributed by atoms with Gasteiger partial charge in [-0.25, -0.2) is 0 Å². The number of para-hydroxylation sites is 1. The Kier molecular flexibility index (Phi) is 3.04. The third-order valence-electron chi connectivity index (χ3n) is 3.89. The van der Waals surface area contributed by atoms with Crippen LogP contribution in [-0.4, -0.2) is 24.8 Å². The number of aromatic amines is 1. The van der Waals surface area contributed by atoms with E-state index in [4.69, 9.17) is 5.10 Å². The lowest BCUT2D eigenvalue weighted by Crippen LogP contribution is -1.90. The largest absolute Gasteiger partial charge is 0.360 e. The van der Waals surface area contributed by atoms with Crippen LogP contribution in [-0.2, 0) is 0 Å². The molecule has 3 aromatic heterocycles. The van der Waals surface area contributed by atoms with Gasteiger partial charge in [0.2, 0.25) is 4.96 Å². The zero-order valence-corrected chi connectivity index (χ0v) is 14.7. The topological polar surface area (TPSA) is 58.9 Å². The van der Waals surface area contributed by atoms with Gasteiger partial charge in [0, 0.05) is 32.7 Å². The second-order valence-corrected chi connectivity index (χ2v) is 7.26. The summed E-state index contributed by atoms with van der Waals surface area (Å²) < 4.78 is 2.81. The lowest BCUT2D eigenvalue weighted by Gasteiger charge is -1.97. The molecule has 24 heavy (non-hydrogen) atoms. The Morgan fingerprint density at radius 3 is 2.88 bits per heavy atom. The Balaban J connectivity index is 1.70. The molecule has 0 radical (unpaired) electrons. The standard InChI is InChI=1S/C17H10BrN5S/c18-11-5-3-4-10(8-11)15-20-21-17-23(15)22-16(24-17)13-9-19-14-7-2-1-6-12(13)14/h1-9,19H. The average Bonchev–Trinajstić information content (AvgIpc) is 3.27. The minimum Gasteiger partial charge on any atom is -0.360 e. The summed E-state index contributed by atoms with van der Waals surface area (Å²) in [6, 6.07) is 16.2. The molecule has 0 spiro atoms. The first-order valence-corrected chi connectivity index (χ1v) is 8.95. The second-order valence-electron chi connectivity index (χ2n) is 5.38. The Labute approximate surface area is 149 Å². The molecule has 3 heterocycles. The molecule has 5 aromatic rings. The zero-order chi connectivity index (χ0) is 16.1. The molecule has 0 amide bonds. The molecule has 5 nitrogen and oxygen atoms in total. The van der Waals surface area contributed by atoms with Gasteiger partial charge in [0.1, 0.15) is 5.01 Å². The van der Waals surface area contributed by atoms with Crippen molar-refractivity contribution in [3.05, 3.63) is 59.2 Å². The van der Waals surface area contributed by atoms with Gasteiger partial charge in [-0.05, 0) is 18.2 Å². The van der Waals surface area contributed by atoms with E-state index in [-0.39, 0.29) is 0 Å². The lowest BCUT2D eigenvalue weighted by atomic mass is 10.2. The molecule has 0 bridgehead atoms. The summed E-state index contributed by atoms with van der Waals surface area (Å²) in [4.78, 5) is 4.07. The maximum absolute atomic E-state index is 4.75. The monoisotopic (exact) mass is 395 g/mol. The molecular weight excluding hydrogens is 386 g/mol. The molecule has 0 fully saturated rings. The summed E-state index contributed by atoms with van der Waals surface area (Å²) in [6.07, 6.45) is 2.00. The Morgan fingerprint density at radius 1 is 1.04 bits per heavy atom. The number of rotatable bonds is 2. The summed E-state index contributed by atoms with van der Waals surface area (Å²) >= 11 is 5.03. The first kappa shape index (κ1) is 13.9. The van der Waals surface area contributed by atoms with E-state index in [1.165, 1.54) is 11.3 Å². The molecular formula is C17H10BrN5S. The smallest absolute Gasteiger partial charge is 0.235 e. The van der Waals surface area contributed by atoms with Crippen molar-refractivity contribution in [2.45, 2.75) is 0 Å². The predicted molar refractivity (Wildman–Crippen MR) is 99.1 cm³/mol. The summed E-state index contributed by atoms with van der Waals surface area (Å²) in [5.74, 6) is 0.744. The van der Waals surface area contributed by atoms with Gasteiger partial charge in [0.05, 0.1) is 0 Å². The highest BCUT2D eigenvalue weighted by Crippen LogP contribution is 2.33. The highest BCUT2D eigenvalue weighted by Gasteiger charge is 2.16. The summed E-state index contributed by atoms with van der Waals surface area (Å²) in [7, 11) is 0. The lowest BCUT2D eigenvalue weighted by molar-refractivity contribution is 0.971. The fourth-order valence-electron chi connectivity index (χ4n) is 2.78. The van der Waals surface area contributed by atoms with Crippen LogP contribution in [0.15, 0.2) is 59.2 Å². The first-order chi connectivity index (χ1) is 11.8. The van der Waals surface area contributed by atoms with Crippen LogP contribution in [0, 0.1) is 0 Å². The number of benzene rings is 2. The van der Waals surface area contributed by atoms with Crippen molar-refractivity contribution in [3.63, 3.8) is 0 Å². The quantitative estimate of drug-likeness (QED) is 0.468. The first-order valence-electron chi connectivity index (χ1n) is 7.34. The fourth-order valence-corrected chi connectivity index (χ4v) is 4.05. The van der Waals surface area contributed by atoms with Crippen LogP contribution in [0.3, 0.4) is 0 Å². The van der Waals surface area contributed by atoms with Gasteiger partial charge in [0.15, 0.2) is 5.82 Å². The number of halogens is 1. The molecule has 1 N–H and O–H groups in total. The number of nitrogens with one attached hydrogen (secondary N) is 1. The van der Waals surface area contributed by atoms with E-state index < -0.39 is 0 Å². The van der Waals surface area contributed by atoms with Crippen molar-refractivity contribution < 1.29 is 0 Å². The van der Waals surface area contributed by atoms with E-state index in [0.717, 1.165) is 42.3 Å². The number of aromatic nitrogens is 5. The van der Waals surface area contributed by atoms with Crippen molar-refractivity contribution in [2.24, 2.45) is 0 Å². The third kappa shape index (κ3) is 2.09. The maximum Gasteiger partial charge on any atom is 0.235 e. The van der Waals surface area contributed by atoms with Gasteiger partial charge in [-0.2, -0.15) is 9.61 Å². The Morgan fingerprint density at radius 2 is 1.96 bits per heavy atom. The average molecular weight is 396 g/mol. The molecule has 116 valence electrons. The van der Waals surface area contributed by atoms with Gasteiger partial charge in [-0.3, -0.25) is 0 Å². The van der Waals surface area contributed by atoms with Crippen molar-refractivity contribution in [3.8, 4) is 22.0 Å². The van der Waals surface area contributed by atoms with Gasteiger partial charge in [-0.15, -0.1) is 10.2 Å². The van der Waals surface area contributed by atoms with Crippen molar-refractivity contribution in [2.75, 3.05) is 0 Å². The van der Waals surface area contributed by atoms with Crippen LogP contribution in [0.4, 0.5) is 0 Å². The van der Waals surface area contributed by atoms with Gasteiger partial charge >= 0.3 is 0 Å². The van der Waals surface area contributed by atoms with E-state index in [0.29, 0.717) is 0 Å². The molecule has 0 aliphatic carbocycles. The highest BCUT2D eigenvalue weighted by molar-refractivity contribution is 9.10. The van der Waals surface area contributed by atoms with E-state index >= 15 is 0 Å². The molecule has 0 atom stereocenters. The molecule has 0 aliphatic heterocycles. The fraction of sp³-hybridized carbons (Fsp3) is 0. The van der Waals surface area contributed by atoms with Crippen LogP contribution in [0.1, 0.15) is 0 Å². The van der Waals surface area contributed by atoms with Crippen LogP contribution in [0.5, 0.6) is 0 Å². The minimum atomic E-state index is 0.744. The molecule has 0 saturated heterocycles. The van der Waals surface area contributed by atoms with Crippen molar-refractivity contribution in [1.82, 2.24) is 24.8 Å². The molecule has 2 aromatic carbocycles. The molecule has 0 saturated carbocycles. The van der Waals surface area contributed by atoms with Crippen LogP contribution in [0.25, 0.3) is 37.8 Å². The number of hydrogen-bond donors (Lipinski definition) is 1. The minimum absolute atomic E-state index is 0.744. The number of hydrogen-bond acceptors (Lipinski definition) is 4. The second kappa shape index (κ2) is 5.25. The Bertz CT molecular complexity index is 1190. The highest BCUT2D eigenvalue weighted by atomic mass is 79.9. The van der Waals surface area contributed by atoms with Crippen LogP contribution in [0.2, 0.25) is 0 Å². The predicted octanol–water partition coefficient (Wildman–Crippen LogP) is 4.76. The Hall–Kier alpha value is -2.51. The molecule has 0 unspecified atom stereocenters. The van der Waals surface area contributed by atoms with E-state index in [2.05, 4.69) is 43.2 Å². The van der Waals surface area contributed by atoms with Crippen LogP contribution >= 0.6 is 27.3 Å². The normalized spacial score (nSPS) is 11.5. The van der Waals surface area contributed by atoms with Gasteiger partial charge in [0.25, 0.3) is 0 Å².